The van der Waals surface area contributed by atoms with Crippen molar-refractivity contribution in [1.82, 2.24) is 4.90 Å². The Kier molecular flexibility index (Phi) is 6.65. The minimum atomic E-state index is -0.129. The van der Waals surface area contributed by atoms with Crippen molar-refractivity contribution in [2.24, 2.45) is 5.92 Å². The van der Waals surface area contributed by atoms with Crippen LogP contribution in [0.3, 0.4) is 0 Å². The van der Waals surface area contributed by atoms with Crippen LogP contribution >= 0.6 is 0 Å². The molecule has 0 aromatic heterocycles. The lowest BCUT2D eigenvalue weighted by atomic mass is 10.1. The summed E-state index contributed by atoms with van der Waals surface area (Å²) in [5.41, 5.74) is 0. The molecule has 2 unspecified atom stereocenters. The summed E-state index contributed by atoms with van der Waals surface area (Å²) in [6.45, 7) is 8.02. The van der Waals surface area contributed by atoms with E-state index < -0.39 is 0 Å². The van der Waals surface area contributed by atoms with Crippen LogP contribution < -0.4 is 0 Å². The van der Waals surface area contributed by atoms with E-state index in [4.69, 9.17) is 9.47 Å². The minimum Gasteiger partial charge on any atom is -0.465 e. The summed E-state index contributed by atoms with van der Waals surface area (Å²) in [5, 5.41) is 0. The van der Waals surface area contributed by atoms with E-state index >= 15 is 0 Å². The van der Waals surface area contributed by atoms with Crippen molar-refractivity contribution in [2.45, 2.75) is 52.1 Å². The molecule has 4 nitrogen and oxygen atoms in total. The van der Waals surface area contributed by atoms with Gasteiger partial charge in [0.1, 0.15) is 6.04 Å². The molecule has 0 aliphatic heterocycles. The van der Waals surface area contributed by atoms with Crippen molar-refractivity contribution in [3.05, 3.63) is 0 Å². The van der Waals surface area contributed by atoms with E-state index in [-0.39, 0.29) is 12.0 Å². The van der Waals surface area contributed by atoms with Gasteiger partial charge in [0.2, 0.25) is 0 Å². The maximum Gasteiger partial charge on any atom is 0.323 e. The first-order valence-electron chi connectivity index (χ1n) is 7.06. The van der Waals surface area contributed by atoms with Crippen LogP contribution in [0, 0.1) is 5.92 Å². The summed E-state index contributed by atoms with van der Waals surface area (Å²) in [6.07, 6.45) is 3.35. The topological polar surface area (TPSA) is 38.8 Å². The van der Waals surface area contributed by atoms with Gasteiger partial charge >= 0.3 is 5.97 Å². The predicted molar refractivity (Wildman–Crippen MR) is 71.5 cm³/mol. The van der Waals surface area contributed by atoms with Gasteiger partial charge in [-0.25, -0.2) is 0 Å². The second kappa shape index (κ2) is 7.74. The van der Waals surface area contributed by atoms with Crippen LogP contribution in [0.25, 0.3) is 0 Å². The minimum absolute atomic E-state index is 0.0939. The van der Waals surface area contributed by atoms with E-state index in [1.807, 2.05) is 13.8 Å². The van der Waals surface area contributed by atoms with Gasteiger partial charge in [-0.05, 0) is 39.0 Å². The van der Waals surface area contributed by atoms with Crippen LogP contribution in [0.5, 0.6) is 0 Å². The van der Waals surface area contributed by atoms with Gasteiger partial charge in [-0.1, -0.05) is 6.92 Å². The Morgan fingerprint density at radius 1 is 1.39 bits per heavy atom. The fourth-order valence-corrected chi connectivity index (χ4v) is 2.46. The number of hydrogen-bond acceptors (Lipinski definition) is 4. The molecule has 1 fully saturated rings. The third kappa shape index (κ3) is 4.25. The maximum atomic E-state index is 12.0. The number of carbonyl (C=O) groups excluding carboxylic acids is 1. The Morgan fingerprint density at radius 3 is 2.50 bits per heavy atom. The van der Waals surface area contributed by atoms with Crippen LogP contribution in [-0.4, -0.2) is 49.8 Å². The van der Waals surface area contributed by atoms with Gasteiger partial charge in [0.15, 0.2) is 0 Å². The highest BCUT2D eigenvalue weighted by Gasteiger charge is 2.37. The number of esters is 1. The van der Waals surface area contributed by atoms with Crippen LogP contribution in [0.2, 0.25) is 0 Å². The normalized spacial score (nSPS) is 18.7. The molecular formula is C14H27NO3. The molecule has 1 rings (SSSR count). The third-order valence-electron chi connectivity index (χ3n) is 3.73. The number of nitrogens with zero attached hydrogens (tertiary/aromatic N) is 1. The number of ether oxygens (including phenoxy) is 2. The summed E-state index contributed by atoms with van der Waals surface area (Å²) in [4.78, 5) is 14.3. The first-order chi connectivity index (χ1) is 8.65. The van der Waals surface area contributed by atoms with Gasteiger partial charge in [0.25, 0.3) is 0 Å². The van der Waals surface area contributed by atoms with E-state index in [2.05, 4.69) is 11.8 Å². The van der Waals surface area contributed by atoms with Crippen molar-refractivity contribution >= 4 is 5.97 Å². The second-order valence-electron chi connectivity index (χ2n) is 4.98. The van der Waals surface area contributed by atoms with E-state index in [9.17, 15) is 4.79 Å². The lowest BCUT2D eigenvalue weighted by Crippen LogP contribution is -2.49. The molecule has 0 saturated heterocycles. The highest BCUT2D eigenvalue weighted by molar-refractivity contribution is 5.75. The maximum absolute atomic E-state index is 12.0. The van der Waals surface area contributed by atoms with E-state index in [0.717, 1.165) is 18.9 Å². The molecule has 0 amide bonds. The molecule has 106 valence electrons. The molecule has 18 heavy (non-hydrogen) atoms. The molecular weight excluding hydrogens is 230 g/mol. The highest BCUT2D eigenvalue weighted by atomic mass is 16.5. The largest absolute Gasteiger partial charge is 0.465 e. The molecule has 4 heteroatoms. The number of rotatable bonds is 9. The van der Waals surface area contributed by atoms with E-state index in [1.165, 1.54) is 12.8 Å². The quantitative estimate of drug-likeness (QED) is 0.593. The van der Waals surface area contributed by atoms with Crippen molar-refractivity contribution in [2.75, 3.05) is 26.9 Å². The van der Waals surface area contributed by atoms with Gasteiger partial charge in [0, 0.05) is 19.7 Å². The summed E-state index contributed by atoms with van der Waals surface area (Å²) >= 11 is 0. The predicted octanol–water partition coefficient (Wildman–Crippen LogP) is 2.07. The summed E-state index contributed by atoms with van der Waals surface area (Å²) in [5.74, 6) is 0.647. The van der Waals surface area contributed by atoms with Crippen LogP contribution in [0.15, 0.2) is 0 Å². The Morgan fingerprint density at radius 2 is 2.06 bits per heavy atom. The SMILES string of the molecule is CCOC(=O)C(CC)N(CCOC)C(C)C1CC1. The Bertz CT molecular complexity index is 253. The lowest BCUT2D eigenvalue weighted by Gasteiger charge is -2.34. The van der Waals surface area contributed by atoms with Gasteiger partial charge in [-0.2, -0.15) is 0 Å². The molecule has 1 saturated carbocycles. The standard InChI is InChI=1S/C14H27NO3/c1-5-13(14(16)18-6-2)15(9-10-17-4)11(3)12-7-8-12/h11-13H,5-10H2,1-4H3. The van der Waals surface area contributed by atoms with Crippen molar-refractivity contribution in [3.8, 4) is 0 Å². The Hall–Kier alpha value is -0.610. The van der Waals surface area contributed by atoms with Gasteiger partial charge < -0.3 is 9.47 Å². The van der Waals surface area contributed by atoms with Gasteiger partial charge in [-0.15, -0.1) is 0 Å². The zero-order valence-corrected chi connectivity index (χ0v) is 12.1. The average molecular weight is 257 g/mol. The van der Waals surface area contributed by atoms with Crippen molar-refractivity contribution < 1.29 is 14.3 Å². The molecule has 0 heterocycles. The van der Waals surface area contributed by atoms with E-state index in [1.54, 1.807) is 7.11 Å². The monoisotopic (exact) mass is 257 g/mol. The molecule has 0 spiro atoms. The third-order valence-corrected chi connectivity index (χ3v) is 3.73. The molecule has 0 radical (unpaired) electrons. The van der Waals surface area contributed by atoms with Gasteiger partial charge in [0.05, 0.1) is 13.2 Å². The summed E-state index contributed by atoms with van der Waals surface area (Å²) < 4.78 is 10.3. The fourth-order valence-electron chi connectivity index (χ4n) is 2.46. The number of methoxy groups -OCH3 is 1. The first-order valence-corrected chi connectivity index (χ1v) is 7.06. The van der Waals surface area contributed by atoms with E-state index in [0.29, 0.717) is 19.3 Å². The van der Waals surface area contributed by atoms with Crippen molar-refractivity contribution in [1.29, 1.82) is 0 Å². The van der Waals surface area contributed by atoms with Crippen LogP contribution in [0.1, 0.15) is 40.0 Å². The Balaban J connectivity index is 2.67. The molecule has 1 aliphatic rings. The molecule has 0 N–H and O–H groups in total. The molecule has 1 aliphatic carbocycles. The summed E-state index contributed by atoms with van der Waals surface area (Å²) in [6, 6.07) is 0.310. The average Bonchev–Trinajstić information content (AvgIpc) is 3.18. The van der Waals surface area contributed by atoms with Crippen LogP contribution in [-0.2, 0) is 14.3 Å². The zero-order valence-electron chi connectivity index (χ0n) is 12.1. The lowest BCUT2D eigenvalue weighted by molar-refractivity contribution is -0.151. The fraction of sp³-hybridized carbons (Fsp3) is 0.929. The highest BCUT2D eigenvalue weighted by Crippen LogP contribution is 2.36. The number of carbonyl (C=O) groups is 1. The molecule has 0 aromatic carbocycles. The van der Waals surface area contributed by atoms with Gasteiger partial charge in [-0.3, -0.25) is 9.69 Å². The molecule has 0 aromatic rings. The van der Waals surface area contributed by atoms with Crippen LogP contribution in [0.4, 0.5) is 0 Å². The van der Waals surface area contributed by atoms with Crippen molar-refractivity contribution in [3.63, 3.8) is 0 Å². The molecule has 2 atom stereocenters. The number of hydrogen-bond donors (Lipinski definition) is 0. The summed E-state index contributed by atoms with van der Waals surface area (Å²) in [7, 11) is 1.70. The second-order valence-corrected chi connectivity index (χ2v) is 4.98. The molecule has 0 bridgehead atoms. The smallest absolute Gasteiger partial charge is 0.323 e. The first kappa shape index (κ1) is 15.4. The Labute approximate surface area is 111 Å². The zero-order chi connectivity index (χ0) is 13.5.